The maximum atomic E-state index is 14.9. The molecule has 128 valence electrons. The second-order valence-electron chi connectivity index (χ2n) is 6.31. The van der Waals surface area contributed by atoms with E-state index in [0.29, 0.717) is 17.1 Å². The van der Waals surface area contributed by atoms with Crippen LogP contribution in [0.2, 0.25) is 0 Å². The number of para-hydroxylation sites is 2. The highest BCUT2D eigenvalue weighted by atomic mass is 19.1. The summed E-state index contributed by atoms with van der Waals surface area (Å²) in [6, 6.07) is 6.93. The van der Waals surface area contributed by atoms with E-state index in [1.807, 2.05) is 0 Å². The fourth-order valence-electron chi connectivity index (χ4n) is 3.96. The number of ketones is 1. The van der Waals surface area contributed by atoms with Crippen LogP contribution in [0.25, 0.3) is 0 Å². The highest BCUT2D eigenvalue weighted by Crippen LogP contribution is 2.53. The number of carboxylic acid groups (broad SMARTS) is 1. The molecule has 1 aromatic rings. The van der Waals surface area contributed by atoms with Crippen LogP contribution in [0.1, 0.15) is 0 Å². The Morgan fingerprint density at radius 1 is 1.23 bits per heavy atom. The van der Waals surface area contributed by atoms with E-state index in [2.05, 4.69) is 0 Å². The number of fused-ring (bicyclic) bond motifs is 2. The van der Waals surface area contributed by atoms with Gasteiger partial charge in [0.15, 0.2) is 11.9 Å². The maximum Gasteiger partial charge on any atom is 0.340 e. The van der Waals surface area contributed by atoms with E-state index in [0.717, 1.165) is 0 Å². The van der Waals surface area contributed by atoms with Crippen molar-refractivity contribution < 1.29 is 23.8 Å². The quantitative estimate of drug-likeness (QED) is 0.624. The molecule has 4 aliphatic rings. The average molecular weight is 349 g/mol. The predicted octanol–water partition coefficient (Wildman–Crippen LogP) is 2.83. The lowest BCUT2D eigenvalue weighted by Gasteiger charge is -2.50. The van der Waals surface area contributed by atoms with Crippen LogP contribution in [0.5, 0.6) is 5.75 Å². The molecular weight excluding hydrogens is 337 g/mol. The smallest absolute Gasteiger partial charge is 0.340 e. The van der Waals surface area contributed by atoms with Crippen LogP contribution in [0, 0.1) is 0 Å². The first-order chi connectivity index (χ1) is 12.5. The molecular formula is C20H12FNO4. The van der Waals surface area contributed by atoms with Crippen molar-refractivity contribution in [2.24, 2.45) is 0 Å². The van der Waals surface area contributed by atoms with E-state index in [1.165, 1.54) is 17.1 Å². The van der Waals surface area contributed by atoms with Gasteiger partial charge >= 0.3 is 5.97 Å². The summed E-state index contributed by atoms with van der Waals surface area (Å²) in [7, 11) is 0. The lowest BCUT2D eigenvalue weighted by Crippen LogP contribution is -2.56. The van der Waals surface area contributed by atoms with Crippen molar-refractivity contribution in [1.82, 2.24) is 0 Å². The summed E-state index contributed by atoms with van der Waals surface area (Å²) in [5.41, 5.74) is -0.554. The molecule has 0 radical (unpaired) electrons. The molecule has 5 rings (SSSR count). The van der Waals surface area contributed by atoms with Gasteiger partial charge in [0.1, 0.15) is 11.3 Å². The van der Waals surface area contributed by atoms with Crippen molar-refractivity contribution in [3.05, 3.63) is 83.1 Å². The Labute approximate surface area is 147 Å². The molecule has 6 heteroatoms. The number of benzene rings is 1. The topological polar surface area (TPSA) is 66.8 Å². The fraction of sp³-hybridized carbons (Fsp3) is 0.100. The van der Waals surface area contributed by atoms with Crippen molar-refractivity contribution in [2.75, 3.05) is 4.90 Å². The van der Waals surface area contributed by atoms with Crippen LogP contribution in [0.3, 0.4) is 0 Å². The third kappa shape index (κ3) is 1.63. The molecule has 2 heterocycles. The number of Topliss-reactive ketones (excluding diaryl/α,β-unsaturated/α-hetero) is 1. The number of nitrogens with zero attached hydrogens (tertiary/aromatic N) is 1. The molecule has 2 atom stereocenters. The summed E-state index contributed by atoms with van der Waals surface area (Å²) >= 11 is 0. The molecule has 2 aliphatic heterocycles. The van der Waals surface area contributed by atoms with Crippen LogP contribution < -0.4 is 9.64 Å². The number of hydrogen-bond donors (Lipinski definition) is 1. The lowest BCUT2D eigenvalue weighted by atomic mass is 9.72. The van der Waals surface area contributed by atoms with Crippen molar-refractivity contribution in [2.45, 2.75) is 11.9 Å². The van der Waals surface area contributed by atoms with Gasteiger partial charge in [0.05, 0.1) is 11.4 Å². The Morgan fingerprint density at radius 3 is 2.85 bits per heavy atom. The first kappa shape index (κ1) is 14.9. The molecule has 2 aliphatic carbocycles. The molecule has 1 N–H and O–H groups in total. The predicted molar refractivity (Wildman–Crippen MR) is 91.3 cm³/mol. The number of aliphatic carboxylic acids is 1. The summed E-state index contributed by atoms with van der Waals surface area (Å²) in [5, 5.41) is 9.65. The second kappa shape index (κ2) is 4.82. The molecule has 5 nitrogen and oxygen atoms in total. The van der Waals surface area contributed by atoms with Gasteiger partial charge in [-0.1, -0.05) is 30.4 Å². The lowest BCUT2D eigenvalue weighted by molar-refractivity contribution is -0.134. The van der Waals surface area contributed by atoms with E-state index in [9.17, 15) is 19.1 Å². The van der Waals surface area contributed by atoms with Gasteiger partial charge in [0.25, 0.3) is 0 Å². The number of rotatable bonds is 1. The zero-order chi connectivity index (χ0) is 18.1. The van der Waals surface area contributed by atoms with Gasteiger partial charge in [0.2, 0.25) is 5.78 Å². The van der Waals surface area contributed by atoms with E-state index in [-0.39, 0.29) is 16.7 Å². The fourth-order valence-corrected chi connectivity index (χ4v) is 3.96. The number of carboxylic acids is 1. The summed E-state index contributed by atoms with van der Waals surface area (Å²) in [5.74, 6) is -1.56. The molecule has 0 bridgehead atoms. The van der Waals surface area contributed by atoms with Crippen molar-refractivity contribution in [1.29, 1.82) is 0 Å². The summed E-state index contributed by atoms with van der Waals surface area (Å²) in [6.07, 6.45) is 7.67. The maximum absolute atomic E-state index is 14.9. The number of carbonyl (C=O) groups excluding carboxylic acids is 1. The molecule has 0 saturated heterocycles. The largest absolute Gasteiger partial charge is 0.478 e. The van der Waals surface area contributed by atoms with Gasteiger partial charge in [-0.3, -0.25) is 4.79 Å². The number of hydrogen-bond acceptors (Lipinski definition) is 4. The molecule has 2 unspecified atom stereocenters. The van der Waals surface area contributed by atoms with Crippen LogP contribution in [-0.2, 0) is 9.59 Å². The number of alkyl halides is 1. The number of anilines is 1. The minimum absolute atomic E-state index is 0.134. The molecule has 0 saturated carbocycles. The van der Waals surface area contributed by atoms with Gasteiger partial charge < -0.3 is 14.7 Å². The molecule has 0 amide bonds. The number of ether oxygens (including phenoxy) is 1. The van der Waals surface area contributed by atoms with Gasteiger partial charge in [-0.15, -0.1) is 0 Å². The SMILES string of the molecule is O=C(O)C1=C2C=CC=CC23Oc2ccccc2N2C3=C(C=CC2F)C1=O. The number of carbonyl (C=O) groups is 2. The van der Waals surface area contributed by atoms with Crippen LogP contribution in [0.4, 0.5) is 10.1 Å². The summed E-state index contributed by atoms with van der Waals surface area (Å²) in [4.78, 5) is 26.1. The van der Waals surface area contributed by atoms with E-state index >= 15 is 0 Å². The zero-order valence-corrected chi connectivity index (χ0v) is 13.3. The Balaban J connectivity index is 1.91. The second-order valence-corrected chi connectivity index (χ2v) is 6.31. The van der Waals surface area contributed by atoms with E-state index in [1.54, 1.807) is 48.6 Å². The molecule has 0 fully saturated rings. The Hall–Kier alpha value is -3.41. The average Bonchev–Trinajstić information content (AvgIpc) is 2.63. The zero-order valence-electron chi connectivity index (χ0n) is 13.3. The monoisotopic (exact) mass is 349 g/mol. The van der Waals surface area contributed by atoms with Crippen LogP contribution >= 0.6 is 0 Å². The molecule has 26 heavy (non-hydrogen) atoms. The van der Waals surface area contributed by atoms with E-state index < -0.39 is 23.6 Å². The van der Waals surface area contributed by atoms with Crippen molar-refractivity contribution >= 4 is 17.4 Å². The summed E-state index contributed by atoms with van der Waals surface area (Å²) < 4.78 is 21.1. The highest BCUT2D eigenvalue weighted by Gasteiger charge is 2.55. The van der Waals surface area contributed by atoms with Crippen molar-refractivity contribution in [3.8, 4) is 5.75 Å². The van der Waals surface area contributed by atoms with Crippen LogP contribution in [-0.4, -0.2) is 28.8 Å². The van der Waals surface area contributed by atoms with Gasteiger partial charge in [-0.05, 0) is 30.4 Å². The minimum atomic E-state index is -1.49. The standard InChI is InChI=1S/C20H12FNO4/c21-15-9-8-11-17(23)16(19(24)25)12-5-3-4-10-20(12)18(11)22(15)13-6-1-2-7-14(13)26-20/h1-10,15H,(H,24,25). The first-order valence-electron chi connectivity index (χ1n) is 8.07. The van der Waals surface area contributed by atoms with Gasteiger partial charge in [-0.2, -0.15) is 0 Å². The normalized spacial score (nSPS) is 27.8. The van der Waals surface area contributed by atoms with Crippen molar-refractivity contribution in [3.63, 3.8) is 0 Å². The number of halogens is 1. The third-order valence-electron chi connectivity index (χ3n) is 4.97. The first-order valence-corrected chi connectivity index (χ1v) is 8.07. The van der Waals surface area contributed by atoms with E-state index in [4.69, 9.17) is 4.74 Å². The number of allylic oxidation sites excluding steroid dienone is 4. The summed E-state index contributed by atoms with van der Waals surface area (Å²) in [6.45, 7) is 0. The third-order valence-corrected chi connectivity index (χ3v) is 4.97. The Bertz CT molecular complexity index is 1050. The minimum Gasteiger partial charge on any atom is -0.478 e. The van der Waals surface area contributed by atoms with Crippen LogP contribution in [0.15, 0.2) is 83.1 Å². The highest BCUT2D eigenvalue weighted by molar-refractivity contribution is 6.27. The Morgan fingerprint density at radius 2 is 2.04 bits per heavy atom. The Kier molecular flexibility index (Phi) is 2.76. The molecule has 1 spiro atoms. The molecule has 0 aromatic heterocycles. The molecule has 1 aromatic carbocycles. The van der Waals surface area contributed by atoms with Gasteiger partial charge in [0, 0.05) is 11.1 Å². The van der Waals surface area contributed by atoms with Gasteiger partial charge in [-0.25, -0.2) is 9.18 Å².